The van der Waals surface area contributed by atoms with E-state index in [4.69, 9.17) is 15.7 Å². The van der Waals surface area contributed by atoms with Crippen molar-refractivity contribution in [1.29, 1.82) is 5.26 Å². The molecule has 20 heavy (non-hydrogen) atoms. The van der Waals surface area contributed by atoms with Crippen LogP contribution >= 0.6 is 22.6 Å². The number of nitrogen functional groups attached to an aromatic ring is 1. The molecule has 0 fully saturated rings. The highest BCUT2D eigenvalue weighted by Crippen LogP contribution is 2.36. The molecule has 100 valence electrons. The van der Waals surface area contributed by atoms with E-state index in [0.717, 1.165) is 6.07 Å². The van der Waals surface area contributed by atoms with Crippen molar-refractivity contribution in [2.24, 2.45) is 0 Å². The van der Waals surface area contributed by atoms with E-state index in [9.17, 15) is 10.1 Å². The predicted octanol–water partition coefficient (Wildman–Crippen LogP) is 2.24. The Kier molecular flexibility index (Phi) is 3.94. The van der Waals surface area contributed by atoms with Gasteiger partial charge >= 0.3 is 5.69 Å². The van der Waals surface area contributed by atoms with Crippen molar-refractivity contribution in [1.82, 2.24) is 10.2 Å². The molecule has 0 radical (unpaired) electrons. The SMILES string of the molecule is N#Cc1cc(I)c(Oc2ccc(N)nn2)c([N+](=O)[O-])c1. The molecule has 0 saturated heterocycles. The highest BCUT2D eigenvalue weighted by molar-refractivity contribution is 14.1. The Morgan fingerprint density at radius 3 is 2.70 bits per heavy atom. The second-order valence-electron chi connectivity index (χ2n) is 3.57. The Morgan fingerprint density at radius 1 is 1.40 bits per heavy atom. The minimum atomic E-state index is -0.622. The molecule has 0 unspecified atom stereocenters. The van der Waals surface area contributed by atoms with Crippen molar-refractivity contribution in [3.63, 3.8) is 0 Å². The zero-order valence-corrected chi connectivity index (χ0v) is 11.9. The van der Waals surface area contributed by atoms with Gasteiger partial charge in [-0.25, -0.2) is 0 Å². The number of hydrogen-bond donors (Lipinski definition) is 1. The van der Waals surface area contributed by atoms with Crippen LogP contribution in [0.4, 0.5) is 11.5 Å². The van der Waals surface area contributed by atoms with Crippen LogP contribution < -0.4 is 10.5 Å². The summed E-state index contributed by atoms with van der Waals surface area (Å²) in [5, 5.41) is 27.1. The molecule has 1 heterocycles. The second-order valence-corrected chi connectivity index (χ2v) is 4.74. The molecule has 0 aliphatic carbocycles. The first-order valence-corrected chi connectivity index (χ1v) is 6.24. The normalized spacial score (nSPS) is 9.80. The molecule has 2 aromatic rings. The minimum Gasteiger partial charge on any atom is -0.429 e. The Morgan fingerprint density at radius 2 is 2.15 bits per heavy atom. The molecule has 0 aliphatic rings. The van der Waals surface area contributed by atoms with Gasteiger partial charge in [-0.2, -0.15) is 5.26 Å². The maximum absolute atomic E-state index is 11.0. The number of aromatic nitrogens is 2. The number of nitro benzene ring substituents is 1. The van der Waals surface area contributed by atoms with Gasteiger partial charge < -0.3 is 10.5 Å². The smallest absolute Gasteiger partial charge is 0.314 e. The number of hydrogen-bond acceptors (Lipinski definition) is 7. The van der Waals surface area contributed by atoms with Crippen molar-refractivity contribution in [2.75, 3.05) is 5.73 Å². The lowest BCUT2D eigenvalue weighted by Crippen LogP contribution is -1.99. The number of nitrogens with zero attached hydrogens (tertiary/aromatic N) is 4. The molecule has 0 amide bonds. The minimum absolute atomic E-state index is 0.00803. The summed E-state index contributed by atoms with van der Waals surface area (Å²) in [7, 11) is 0. The van der Waals surface area contributed by atoms with Gasteiger partial charge in [0.2, 0.25) is 11.6 Å². The van der Waals surface area contributed by atoms with Crippen LogP contribution in [-0.2, 0) is 0 Å². The third kappa shape index (κ3) is 2.91. The summed E-state index contributed by atoms with van der Waals surface area (Å²) in [5.41, 5.74) is 5.26. The van der Waals surface area contributed by atoms with E-state index < -0.39 is 4.92 Å². The van der Waals surface area contributed by atoms with Gasteiger partial charge in [-0.3, -0.25) is 10.1 Å². The topological polar surface area (TPSA) is 128 Å². The molecule has 2 rings (SSSR count). The number of nitro groups is 1. The van der Waals surface area contributed by atoms with Gasteiger partial charge in [0.1, 0.15) is 5.82 Å². The molecule has 1 aromatic carbocycles. The fourth-order valence-corrected chi connectivity index (χ4v) is 2.09. The predicted molar refractivity (Wildman–Crippen MR) is 77.0 cm³/mol. The van der Waals surface area contributed by atoms with E-state index in [1.54, 1.807) is 0 Å². The second kappa shape index (κ2) is 5.66. The highest BCUT2D eigenvalue weighted by Gasteiger charge is 2.21. The number of halogens is 1. The van der Waals surface area contributed by atoms with Gasteiger partial charge in [0.15, 0.2) is 0 Å². The van der Waals surface area contributed by atoms with Crippen LogP contribution in [-0.4, -0.2) is 15.1 Å². The van der Waals surface area contributed by atoms with Gasteiger partial charge in [0.25, 0.3) is 0 Å². The lowest BCUT2D eigenvalue weighted by Gasteiger charge is -2.07. The summed E-state index contributed by atoms with van der Waals surface area (Å²) in [6, 6.07) is 7.38. The zero-order valence-electron chi connectivity index (χ0n) is 9.78. The lowest BCUT2D eigenvalue weighted by molar-refractivity contribution is -0.385. The van der Waals surface area contributed by atoms with Crippen molar-refractivity contribution in [3.8, 4) is 17.7 Å². The van der Waals surface area contributed by atoms with E-state index in [1.807, 2.05) is 28.7 Å². The van der Waals surface area contributed by atoms with Crippen molar-refractivity contribution >= 4 is 34.1 Å². The lowest BCUT2D eigenvalue weighted by atomic mass is 10.2. The van der Waals surface area contributed by atoms with Gasteiger partial charge in [-0.05, 0) is 34.7 Å². The fourth-order valence-electron chi connectivity index (χ4n) is 1.37. The maximum Gasteiger partial charge on any atom is 0.314 e. The van der Waals surface area contributed by atoms with E-state index in [-0.39, 0.29) is 28.7 Å². The molecule has 0 bridgehead atoms. The average molecular weight is 383 g/mol. The van der Waals surface area contributed by atoms with Gasteiger partial charge in [-0.15, -0.1) is 10.2 Å². The summed E-state index contributed by atoms with van der Waals surface area (Å²) in [6.07, 6.45) is 0. The van der Waals surface area contributed by atoms with Gasteiger partial charge in [0.05, 0.1) is 20.1 Å². The number of benzene rings is 1. The van der Waals surface area contributed by atoms with Crippen LogP contribution in [0.5, 0.6) is 11.6 Å². The Hall–Kier alpha value is -2.48. The molecular formula is C11H6IN5O3. The first kappa shape index (κ1) is 13.9. The third-order valence-corrected chi connectivity index (χ3v) is 3.02. The van der Waals surface area contributed by atoms with E-state index in [1.165, 1.54) is 18.2 Å². The fraction of sp³-hybridized carbons (Fsp3) is 0. The Bertz CT molecular complexity index is 711. The summed E-state index contributed by atoms with van der Waals surface area (Å²) < 4.78 is 5.79. The molecular weight excluding hydrogens is 377 g/mol. The molecule has 0 spiro atoms. The van der Waals surface area contributed by atoms with Crippen LogP contribution in [0.25, 0.3) is 0 Å². The Balaban J connectivity index is 2.48. The number of nitriles is 1. The number of rotatable bonds is 3. The average Bonchev–Trinajstić information content (AvgIpc) is 2.42. The molecule has 2 N–H and O–H groups in total. The summed E-state index contributed by atoms with van der Waals surface area (Å²) in [4.78, 5) is 10.4. The Labute approximate surface area is 126 Å². The number of nitrogens with two attached hydrogens (primary N) is 1. The number of anilines is 1. The zero-order chi connectivity index (χ0) is 14.7. The summed E-state index contributed by atoms with van der Waals surface area (Å²) in [5.74, 6) is 0.292. The summed E-state index contributed by atoms with van der Waals surface area (Å²) in [6.45, 7) is 0. The van der Waals surface area contributed by atoms with Crippen molar-refractivity contribution in [2.45, 2.75) is 0 Å². The number of ether oxygens (including phenoxy) is 1. The third-order valence-electron chi connectivity index (χ3n) is 2.22. The van der Waals surface area contributed by atoms with E-state index in [0.29, 0.717) is 3.57 Å². The van der Waals surface area contributed by atoms with Crippen LogP contribution in [0.2, 0.25) is 0 Å². The van der Waals surface area contributed by atoms with Crippen LogP contribution in [0.15, 0.2) is 24.3 Å². The van der Waals surface area contributed by atoms with Crippen molar-refractivity contribution in [3.05, 3.63) is 43.5 Å². The largest absolute Gasteiger partial charge is 0.429 e. The van der Waals surface area contributed by atoms with Crippen molar-refractivity contribution < 1.29 is 9.66 Å². The molecule has 0 aliphatic heterocycles. The summed E-state index contributed by atoms with van der Waals surface area (Å²) >= 11 is 1.85. The van der Waals surface area contributed by atoms with Crippen LogP contribution in [0.1, 0.15) is 5.56 Å². The molecule has 8 nitrogen and oxygen atoms in total. The first-order valence-electron chi connectivity index (χ1n) is 5.16. The molecule has 0 saturated carbocycles. The van der Waals surface area contributed by atoms with Gasteiger partial charge in [0, 0.05) is 12.1 Å². The quantitative estimate of drug-likeness (QED) is 0.489. The molecule has 9 heteroatoms. The standard InChI is InChI=1S/C11H6IN5O3/c12-7-3-6(5-13)4-8(17(18)19)11(7)20-10-2-1-9(14)15-16-10/h1-4H,(H2,14,15). The molecule has 0 atom stereocenters. The van der Waals surface area contributed by atoms with Crippen LogP contribution in [0.3, 0.4) is 0 Å². The maximum atomic E-state index is 11.0. The van der Waals surface area contributed by atoms with E-state index in [2.05, 4.69) is 10.2 Å². The first-order chi connectivity index (χ1) is 9.51. The molecule has 1 aromatic heterocycles. The van der Waals surface area contributed by atoms with E-state index >= 15 is 0 Å². The van der Waals surface area contributed by atoms with Gasteiger partial charge in [-0.1, -0.05) is 0 Å². The highest BCUT2D eigenvalue weighted by atomic mass is 127. The van der Waals surface area contributed by atoms with Crippen LogP contribution in [0, 0.1) is 25.0 Å². The monoisotopic (exact) mass is 383 g/mol.